The van der Waals surface area contributed by atoms with Gasteiger partial charge in [-0.15, -0.1) is 0 Å². The maximum absolute atomic E-state index is 15.0. The zero-order valence-corrected chi connectivity index (χ0v) is 30.2. The highest BCUT2D eigenvalue weighted by Gasteiger charge is 2.57. The fourth-order valence-corrected chi connectivity index (χ4v) is 9.49. The molecule has 2 aliphatic heterocycles. The Bertz CT molecular complexity index is 1390. The third-order valence-electron chi connectivity index (χ3n) is 11.7. The van der Waals surface area contributed by atoms with Gasteiger partial charge in [0.15, 0.2) is 14.0 Å². The Morgan fingerprint density at radius 2 is 1.55 bits per heavy atom. The smallest absolute Gasteiger partial charge is 0.202 e. The van der Waals surface area contributed by atoms with Crippen molar-refractivity contribution in [1.29, 1.82) is 0 Å². The minimum atomic E-state index is -2.14. The molecule has 0 bridgehead atoms. The molecule has 1 saturated carbocycles. The van der Waals surface area contributed by atoms with E-state index in [2.05, 4.69) is 92.7 Å². The van der Waals surface area contributed by atoms with Crippen molar-refractivity contribution in [3.05, 3.63) is 68.7 Å². The normalized spacial score (nSPS) is 25.3. The van der Waals surface area contributed by atoms with Crippen LogP contribution in [0.25, 0.3) is 0 Å². The van der Waals surface area contributed by atoms with E-state index >= 15 is 5.21 Å². The summed E-state index contributed by atoms with van der Waals surface area (Å²) >= 11 is 0. The van der Waals surface area contributed by atoms with Gasteiger partial charge < -0.3 is 19.1 Å². The lowest BCUT2D eigenvalue weighted by atomic mass is 9.70. The molecule has 2 fully saturated rings. The van der Waals surface area contributed by atoms with Crippen molar-refractivity contribution in [3.63, 3.8) is 0 Å². The molecule has 1 spiro atoms. The van der Waals surface area contributed by atoms with Gasteiger partial charge in [-0.2, -0.15) is 4.73 Å². The first-order valence-electron chi connectivity index (χ1n) is 17.3. The van der Waals surface area contributed by atoms with Gasteiger partial charge >= 0.3 is 0 Å². The maximum Gasteiger partial charge on any atom is 0.202 e. The largest absolute Gasteiger partial charge is 0.618 e. The van der Waals surface area contributed by atoms with Crippen LogP contribution < -0.4 is 4.73 Å². The molecule has 1 aromatic carbocycles. The van der Waals surface area contributed by atoms with Gasteiger partial charge in [-0.05, 0) is 72.2 Å². The number of benzene rings is 1. The Labute approximate surface area is 267 Å². The number of aromatic nitrogens is 1. The molecule has 2 aliphatic carbocycles. The molecule has 4 aliphatic rings. The molecule has 2 atom stereocenters. The highest BCUT2D eigenvalue weighted by Crippen LogP contribution is 2.60. The second-order valence-corrected chi connectivity index (χ2v) is 22.5. The molecule has 0 amide bonds. The van der Waals surface area contributed by atoms with Gasteiger partial charge in [0, 0.05) is 31.1 Å². The summed E-state index contributed by atoms with van der Waals surface area (Å²) in [5.74, 6) is 0.168. The zero-order chi connectivity index (χ0) is 31.9. The number of hydrogen-bond donors (Lipinski definition) is 0. The number of nitrogens with zero attached hydrogens (tertiary/aromatic N) is 1. The minimum Gasteiger partial charge on any atom is -0.618 e. The molecule has 6 heteroatoms. The predicted octanol–water partition coefficient (Wildman–Crippen LogP) is 9.44. The first kappa shape index (κ1) is 32.2. The van der Waals surface area contributed by atoms with Gasteiger partial charge in [0.1, 0.15) is 6.10 Å². The van der Waals surface area contributed by atoms with Gasteiger partial charge in [-0.25, -0.2) is 0 Å². The highest BCUT2D eigenvalue weighted by molar-refractivity contribution is 6.74. The Balaban J connectivity index is 1.63. The van der Waals surface area contributed by atoms with Crippen LogP contribution >= 0.6 is 0 Å². The molecule has 1 unspecified atom stereocenters. The van der Waals surface area contributed by atoms with Gasteiger partial charge in [-0.1, -0.05) is 92.5 Å². The SMILES string of the molecule is CC1(C)Cc2c(c3c(c(C4CCOCC4)[n+]2[O-])[C@@H](c2ccc(C(C)(C)C)cc2)OC32CCCC2)C(O[Si](C)(C)C(C)(C)C)C1. The van der Waals surface area contributed by atoms with E-state index in [4.69, 9.17) is 13.9 Å². The van der Waals surface area contributed by atoms with E-state index in [-0.39, 0.29) is 39.6 Å². The van der Waals surface area contributed by atoms with Crippen molar-refractivity contribution in [3.8, 4) is 0 Å². The average Bonchev–Trinajstić information content (AvgIpc) is 3.53. The van der Waals surface area contributed by atoms with E-state index in [1.54, 1.807) is 0 Å². The van der Waals surface area contributed by atoms with Crippen LogP contribution in [0.3, 0.4) is 0 Å². The molecule has 3 heterocycles. The van der Waals surface area contributed by atoms with Gasteiger partial charge in [-0.3, -0.25) is 0 Å². The van der Waals surface area contributed by atoms with Crippen molar-refractivity contribution < 1.29 is 18.6 Å². The third-order valence-corrected chi connectivity index (χ3v) is 16.2. The Kier molecular flexibility index (Phi) is 8.00. The first-order chi connectivity index (χ1) is 20.4. The van der Waals surface area contributed by atoms with Crippen LogP contribution in [0.15, 0.2) is 24.3 Å². The van der Waals surface area contributed by atoms with Gasteiger partial charge in [0.2, 0.25) is 5.69 Å². The molecular formula is C38H57NO4Si. The van der Waals surface area contributed by atoms with Crippen LogP contribution in [0, 0.1) is 10.6 Å². The van der Waals surface area contributed by atoms with E-state index in [9.17, 15) is 0 Å². The second-order valence-electron chi connectivity index (χ2n) is 17.7. The number of hydrogen-bond acceptors (Lipinski definition) is 4. The summed E-state index contributed by atoms with van der Waals surface area (Å²) in [6, 6.07) is 9.06. The van der Waals surface area contributed by atoms with Crippen molar-refractivity contribution in [2.45, 2.75) is 154 Å². The minimum absolute atomic E-state index is 0.0299. The standard InChI is InChI=1S/C38H57NO4Si/c1-35(2,3)27-15-13-26(14-16-27)34-31-32(38(42-34)19-11-12-20-38)30-28(39(40)33(31)25-17-21-41-22-18-25)23-37(7,8)24-29(30)43-44(9,10)36(4,5)6/h13-16,25,29,34H,11-12,17-24H2,1-10H3/t29?,34-/m1/s1. The fourth-order valence-electron chi connectivity index (χ4n) is 8.22. The summed E-state index contributed by atoms with van der Waals surface area (Å²) in [4.78, 5) is 0. The van der Waals surface area contributed by atoms with Crippen molar-refractivity contribution in [2.24, 2.45) is 5.41 Å². The van der Waals surface area contributed by atoms with E-state index in [1.807, 2.05) is 0 Å². The van der Waals surface area contributed by atoms with Gasteiger partial charge in [0.05, 0.1) is 22.8 Å². The van der Waals surface area contributed by atoms with Crippen LogP contribution in [-0.4, -0.2) is 21.5 Å². The first-order valence-corrected chi connectivity index (χ1v) is 20.2. The molecule has 44 heavy (non-hydrogen) atoms. The van der Waals surface area contributed by atoms with Crippen molar-refractivity contribution in [2.75, 3.05) is 13.2 Å². The summed E-state index contributed by atoms with van der Waals surface area (Å²) in [5, 5.41) is 15.1. The lowest BCUT2D eigenvalue weighted by Gasteiger charge is -2.45. The van der Waals surface area contributed by atoms with E-state index < -0.39 is 8.32 Å². The van der Waals surface area contributed by atoms with Crippen molar-refractivity contribution >= 4 is 8.32 Å². The summed E-state index contributed by atoms with van der Waals surface area (Å²) in [6.45, 7) is 24.5. The summed E-state index contributed by atoms with van der Waals surface area (Å²) < 4.78 is 22.0. The van der Waals surface area contributed by atoms with Crippen molar-refractivity contribution in [1.82, 2.24) is 0 Å². The molecular weight excluding hydrogens is 563 g/mol. The summed E-state index contributed by atoms with van der Waals surface area (Å²) in [7, 11) is -2.14. The summed E-state index contributed by atoms with van der Waals surface area (Å²) in [5.41, 5.74) is 7.75. The molecule has 2 aromatic rings. The molecule has 1 saturated heterocycles. The third kappa shape index (κ3) is 5.50. The highest BCUT2D eigenvalue weighted by atomic mass is 28.4. The predicted molar refractivity (Wildman–Crippen MR) is 180 cm³/mol. The lowest BCUT2D eigenvalue weighted by Crippen LogP contribution is -2.49. The molecule has 0 N–H and O–H groups in total. The Hall–Kier alpha value is -1.73. The Morgan fingerprint density at radius 3 is 2.11 bits per heavy atom. The van der Waals surface area contributed by atoms with E-state index in [0.29, 0.717) is 13.2 Å². The Morgan fingerprint density at radius 1 is 0.932 bits per heavy atom. The number of fused-ring (bicyclic) bond motifs is 4. The quantitative estimate of drug-likeness (QED) is 0.194. The topological polar surface area (TPSA) is 54.6 Å². The molecule has 5 nitrogen and oxygen atoms in total. The number of pyridine rings is 1. The van der Waals surface area contributed by atoms with Crippen LogP contribution in [-0.2, 0) is 31.3 Å². The lowest BCUT2D eigenvalue weighted by molar-refractivity contribution is -0.627. The maximum atomic E-state index is 15.0. The molecule has 242 valence electrons. The molecule has 6 rings (SSSR count). The van der Waals surface area contributed by atoms with Crippen LogP contribution in [0.4, 0.5) is 0 Å². The van der Waals surface area contributed by atoms with Crippen LogP contribution in [0.2, 0.25) is 18.1 Å². The fraction of sp³-hybridized carbons (Fsp3) is 0.711. The van der Waals surface area contributed by atoms with Gasteiger partial charge in [0.25, 0.3) is 0 Å². The van der Waals surface area contributed by atoms with E-state index in [0.717, 1.165) is 68.3 Å². The molecule has 0 radical (unpaired) electrons. The van der Waals surface area contributed by atoms with Crippen LogP contribution in [0.1, 0.15) is 158 Å². The zero-order valence-electron chi connectivity index (χ0n) is 29.2. The van der Waals surface area contributed by atoms with Crippen LogP contribution in [0.5, 0.6) is 0 Å². The number of rotatable bonds is 4. The monoisotopic (exact) mass is 619 g/mol. The van der Waals surface area contributed by atoms with E-state index in [1.165, 1.54) is 27.0 Å². The second kappa shape index (κ2) is 10.9. The molecule has 1 aromatic heterocycles. The number of ether oxygens (including phenoxy) is 2. The summed E-state index contributed by atoms with van der Waals surface area (Å²) in [6.07, 6.45) is 7.44. The average molecular weight is 620 g/mol.